The van der Waals surface area contributed by atoms with Crippen LogP contribution in [0.4, 0.5) is 0 Å². The third-order valence-electron chi connectivity index (χ3n) is 2.78. The summed E-state index contributed by atoms with van der Waals surface area (Å²) in [5, 5.41) is 6.39. The Hall–Kier alpha value is -0.610. The molecule has 0 aliphatic carbocycles. The molecule has 1 rings (SSSR count). The van der Waals surface area contributed by atoms with Crippen LogP contribution in [-0.4, -0.2) is 36.7 Å². The fourth-order valence-corrected chi connectivity index (χ4v) is 2.05. The SMILES string of the molecule is CC1CC(NCCC(=O)NC(C)(C)C)CCO1. The Labute approximate surface area is 104 Å². The molecule has 0 spiro atoms. The second-order valence-corrected chi connectivity index (χ2v) is 5.91. The lowest BCUT2D eigenvalue weighted by Crippen LogP contribution is -2.43. The first-order valence-electron chi connectivity index (χ1n) is 6.53. The van der Waals surface area contributed by atoms with Gasteiger partial charge in [-0.25, -0.2) is 0 Å². The molecule has 1 heterocycles. The fraction of sp³-hybridized carbons (Fsp3) is 0.923. The minimum absolute atomic E-state index is 0.116. The summed E-state index contributed by atoms with van der Waals surface area (Å²) in [6, 6.07) is 0.501. The summed E-state index contributed by atoms with van der Waals surface area (Å²) in [4.78, 5) is 11.6. The van der Waals surface area contributed by atoms with E-state index in [1.165, 1.54) is 0 Å². The highest BCUT2D eigenvalue weighted by Crippen LogP contribution is 2.12. The molecule has 17 heavy (non-hydrogen) atoms. The van der Waals surface area contributed by atoms with Crippen LogP contribution < -0.4 is 10.6 Å². The standard InChI is InChI=1S/C13H26N2O2/c1-10-9-11(6-8-17-10)14-7-5-12(16)15-13(2,3)4/h10-11,14H,5-9H2,1-4H3,(H,15,16). The third kappa shape index (κ3) is 6.64. The predicted octanol–water partition coefficient (Wildman–Crippen LogP) is 1.45. The summed E-state index contributed by atoms with van der Waals surface area (Å²) in [6.07, 6.45) is 2.97. The van der Waals surface area contributed by atoms with Gasteiger partial charge in [-0.3, -0.25) is 4.79 Å². The first-order chi connectivity index (χ1) is 7.87. The van der Waals surface area contributed by atoms with Gasteiger partial charge in [0.15, 0.2) is 0 Å². The van der Waals surface area contributed by atoms with E-state index in [1.54, 1.807) is 0 Å². The highest BCUT2D eigenvalue weighted by atomic mass is 16.5. The van der Waals surface area contributed by atoms with Crippen LogP contribution >= 0.6 is 0 Å². The first-order valence-corrected chi connectivity index (χ1v) is 6.53. The number of rotatable bonds is 4. The van der Waals surface area contributed by atoms with Gasteiger partial charge in [0, 0.05) is 31.2 Å². The summed E-state index contributed by atoms with van der Waals surface area (Å²) in [5.41, 5.74) is -0.135. The Morgan fingerprint density at radius 2 is 2.12 bits per heavy atom. The lowest BCUT2D eigenvalue weighted by Gasteiger charge is -2.28. The van der Waals surface area contributed by atoms with Gasteiger partial charge in [0.25, 0.3) is 0 Å². The van der Waals surface area contributed by atoms with E-state index in [0.29, 0.717) is 18.6 Å². The maximum absolute atomic E-state index is 11.6. The molecule has 1 saturated heterocycles. The average molecular weight is 242 g/mol. The Balaban J connectivity index is 2.13. The van der Waals surface area contributed by atoms with Crippen molar-refractivity contribution in [2.24, 2.45) is 0 Å². The molecule has 4 heteroatoms. The normalized spacial score (nSPS) is 25.6. The number of hydrogen-bond acceptors (Lipinski definition) is 3. The van der Waals surface area contributed by atoms with Crippen molar-refractivity contribution >= 4 is 5.91 Å². The van der Waals surface area contributed by atoms with Gasteiger partial charge in [0.1, 0.15) is 0 Å². The predicted molar refractivity (Wildman–Crippen MR) is 69.0 cm³/mol. The molecule has 2 N–H and O–H groups in total. The minimum Gasteiger partial charge on any atom is -0.378 e. The van der Waals surface area contributed by atoms with Crippen molar-refractivity contribution in [2.75, 3.05) is 13.2 Å². The molecule has 0 aromatic heterocycles. The quantitative estimate of drug-likeness (QED) is 0.784. The third-order valence-corrected chi connectivity index (χ3v) is 2.78. The van der Waals surface area contributed by atoms with Gasteiger partial charge >= 0.3 is 0 Å². The molecule has 2 atom stereocenters. The van der Waals surface area contributed by atoms with Crippen LogP contribution in [0.1, 0.15) is 47.0 Å². The van der Waals surface area contributed by atoms with Gasteiger partial charge < -0.3 is 15.4 Å². The van der Waals surface area contributed by atoms with Crippen molar-refractivity contribution in [2.45, 2.75) is 64.6 Å². The summed E-state index contributed by atoms with van der Waals surface area (Å²) in [7, 11) is 0. The molecule has 1 amide bonds. The van der Waals surface area contributed by atoms with E-state index in [4.69, 9.17) is 4.74 Å². The minimum atomic E-state index is -0.135. The van der Waals surface area contributed by atoms with Crippen LogP contribution in [0.5, 0.6) is 0 Å². The van der Waals surface area contributed by atoms with E-state index >= 15 is 0 Å². The van der Waals surface area contributed by atoms with E-state index in [0.717, 1.165) is 26.0 Å². The zero-order chi connectivity index (χ0) is 12.9. The number of amides is 1. The van der Waals surface area contributed by atoms with Crippen molar-refractivity contribution in [1.29, 1.82) is 0 Å². The Bertz CT molecular complexity index is 248. The fourth-order valence-electron chi connectivity index (χ4n) is 2.05. The largest absolute Gasteiger partial charge is 0.378 e. The molecule has 0 aromatic carbocycles. The van der Waals surface area contributed by atoms with Gasteiger partial charge in [0.2, 0.25) is 5.91 Å². The molecule has 100 valence electrons. The Morgan fingerprint density at radius 1 is 1.41 bits per heavy atom. The first kappa shape index (κ1) is 14.5. The van der Waals surface area contributed by atoms with Gasteiger partial charge in [-0.05, 0) is 40.5 Å². The van der Waals surface area contributed by atoms with Crippen molar-refractivity contribution in [3.05, 3.63) is 0 Å². The van der Waals surface area contributed by atoms with Gasteiger partial charge in [0.05, 0.1) is 6.10 Å². The number of hydrogen-bond donors (Lipinski definition) is 2. The van der Waals surface area contributed by atoms with Crippen molar-refractivity contribution in [3.8, 4) is 0 Å². The van der Waals surface area contributed by atoms with Gasteiger partial charge in [-0.2, -0.15) is 0 Å². The van der Waals surface area contributed by atoms with E-state index in [-0.39, 0.29) is 11.4 Å². The smallest absolute Gasteiger partial charge is 0.221 e. The number of ether oxygens (including phenoxy) is 1. The summed E-state index contributed by atoms with van der Waals surface area (Å²) in [6.45, 7) is 9.67. The molecule has 1 fully saturated rings. The molecule has 1 aliphatic heterocycles. The highest BCUT2D eigenvalue weighted by Gasteiger charge is 2.19. The van der Waals surface area contributed by atoms with Crippen LogP contribution in [0.25, 0.3) is 0 Å². The molecule has 1 aliphatic rings. The molecular weight excluding hydrogens is 216 g/mol. The number of nitrogens with one attached hydrogen (secondary N) is 2. The zero-order valence-electron chi connectivity index (χ0n) is 11.5. The van der Waals surface area contributed by atoms with E-state index < -0.39 is 0 Å². The molecule has 0 saturated carbocycles. The zero-order valence-corrected chi connectivity index (χ0v) is 11.5. The van der Waals surface area contributed by atoms with Crippen molar-refractivity contribution < 1.29 is 9.53 Å². The highest BCUT2D eigenvalue weighted by molar-refractivity contribution is 5.76. The summed E-state index contributed by atoms with van der Waals surface area (Å²) in [5.74, 6) is 0.116. The van der Waals surface area contributed by atoms with E-state index in [9.17, 15) is 4.79 Å². The van der Waals surface area contributed by atoms with Crippen LogP contribution in [0.2, 0.25) is 0 Å². The monoisotopic (exact) mass is 242 g/mol. The second-order valence-electron chi connectivity index (χ2n) is 5.91. The van der Waals surface area contributed by atoms with Crippen LogP contribution in [-0.2, 0) is 9.53 Å². The molecule has 0 radical (unpaired) electrons. The van der Waals surface area contributed by atoms with Crippen LogP contribution in [0, 0.1) is 0 Å². The molecule has 0 aromatic rings. The van der Waals surface area contributed by atoms with Crippen molar-refractivity contribution in [3.63, 3.8) is 0 Å². The van der Waals surface area contributed by atoms with E-state index in [2.05, 4.69) is 17.6 Å². The maximum Gasteiger partial charge on any atom is 0.221 e. The number of carbonyl (C=O) groups is 1. The van der Waals surface area contributed by atoms with Gasteiger partial charge in [-0.15, -0.1) is 0 Å². The topological polar surface area (TPSA) is 50.4 Å². The Kier molecular flexibility index (Phi) is 5.40. The maximum atomic E-state index is 11.6. The number of carbonyl (C=O) groups excluding carboxylic acids is 1. The second kappa shape index (κ2) is 6.36. The van der Waals surface area contributed by atoms with Crippen LogP contribution in [0.3, 0.4) is 0 Å². The molecular formula is C13H26N2O2. The molecule has 2 unspecified atom stereocenters. The lowest BCUT2D eigenvalue weighted by molar-refractivity contribution is -0.122. The molecule has 0 bridgehead atoms. The van der Waals surface area contributed by atoms with Crippen molar-refractivity contribution in [1.82, 2.24) is 10.6 Å². The lowest BCUT2D eigenvalue weighted by atomic mass is 10.0. The average Bonchev–Trinajstić information content (AvgIpc) is 2.14. The summed E-state index contributed by atoms with van der Waals surface area (Å²) >= 11 is 0. The summed E-state index contributed by atoms with van der Waals surface area (Å²) < 4.78 is 5.48. The van der Waals surface area contributed by atoms with E-state index in [1.807, 2.05) is 20.8 Å². The van der Waals surface area contributed by atoms with Crippen LogP contribution in [0.15, 0.2) is 0 Å². The molecule has 4 nitrogen and oxygen atoms in total. The Morgan fingerprint density at radius 3 is 2.71 bits per heavy atom. The van der Waals surface area contributed by atoms with Gasteiger partial charge in [-0.1, -0.05) is 0 Å².